The smallest absolute Gasteiger partial charge is 0.190 e. The molecule has 3 heteroatoms. The monoisotopic (exact) mass is 334 g/mol. The summed E-state index contributed by atoms with van der Waals surface area (Å²) in [5.74, 6) is 11.7. The average Bonchev–Trinajstić information content (AvgIpc) is 2.64. The molecule has 0 bridgehead atoms. The van der Waals surface area contributed by atoms with Crippen LogP contribution in [0.25, 0.3) is 0 Å². The third-order valence-electron chi connectivity index (χ3n) is 4.13. The predicted molar refractivity (Wildman–Crippen MR) is 98.1 cm³/mol. The minimum absolute atomic E-state index is 0.0158. The number of allylic oxidation sites excluding steroid dienone is 2. The van der Waals surface area contributed by atoms with Crippen LogP contribution in [0.5, 0.6) is 0 Å². The first-order chi connectivity index (χ1) is 12.2. The van der Waals surface area contributed by atoms with E-state index < -0.39 is 0 Å². The Morgan fingerprint density at radius 1 is 0.880 bits per heavy atom. The molecule has 2 rings (SSSR count). The van der Waals surface area contributed by atoms with Gasteiger partial charge in [-0.1, -0.05) is 42.0 Å². The Balaban J connectivity index is 1.85. The largest absolute Gasteiger partial charge is 0.395 e. The standard InChI is InChI=1S/C22H22O3/c1-17-18(13-9-7-5-3-2-4-6-8-12-16-23)22(25)20-15-11-10-14-19(20)21(17)24/h10-11,14-15,23H,4-5,7,9,12-13,16H2,1H3. The Morgan fingerprint density at radius 2 is 1.52 bits per heavy atom. The second-order valence-corrected chi connectivity index (χ2v) is 5.87. The first kappa shape index (κ1) is 18.7. The maximum Gasteiger partial charge on any atom is 0.190 e. The van der Waals surface area contributed by atoms with Crippen molar-refractivity contribution in [3.8, 4) is 23.7 Å². The van der Waals surface area contributed by atoms with Crippen LogP contribution in [0.15, 0.2) is 35.4 Å². The fraction of sp³-hybridized carbons (Fsp3) is 0.364. The van der Waals surface area contributed by atoms with Gasteiger partial charge in [0.15, 0.2) is 11.6 Å². The third kappa shape index (κ3) is 4.92. The highest BCUT2D eigenvalue weighted by molar-refractivity contribution is 6.26. The van der Waals surface area contributed by atoms with Crippen LogP contribution in [0.2, 0.25) is 0 Å². The lowest BCUT2D eigenvalue weighted by Gasteiger charge is -2.18. The van der Waals surface area contributed by atoms with Gasteiger partial charge in [-0.3, -0.25) is 9.59 Å². The number of rotatable bonds is 5. The Kier molecular flexibility index (Phi) is 7.20. The molecule has 1 N–H and O–H groups in total. The van der Waals surface area contributed by atoms with Crippen LogP contribution in [0, 0.1) is 23.7 Å². The Labute approximate surface area is 149 Å². The maximum atomic E-state index is 12.6. The van der Waals surface area contributed by atoms with Gasteiger partial charge in [-0.25, -0.2) is 0 Å². The van der Waals surface area contributed by atoms with Crippen molar-refractivity contribution >= 4 is 11.6 Å². The summed E-state index contributed by atoms with van der Waals surface area (Å²) in [4.78, 5) is 25.0. The Hall–Kier alpha value is -2.62. The van der Waals surface area contributed by atoms with Crippen LogP contribution < -0.4 is 0 Å². The highest BCUT2D eigenvalue weighted by Gasteiger charge is 2.28. The maximum absolute atomic E-state index is 12.6. The topological polar surface area (TPSA) is 54.4 Å². The third-order valence-corrected chi connectivity index (χ3v) is 4.13. The highest BCUT2D eigenvalue weighted by atomic mass is 16.2. The van der Waals surface area contributed by atoms with Gasteiger partial charge in [-0.05, 0) is 26.2 Å². The summed E-state index contributed by atoms with van der Waals surface area (Å²) >= 11 is 0. The van der Waals surface area contributed by atoms with E-state index in [1.807, 2.05) is 0 Å². The zero-order valence-electron chi connectivity index (χ0n) is 14.5. The van der Waals surface area contributed by atoms with E-state index in [2.05, 4.69) is 23.7 Å². The minimum atomic E-state index is -0.0357. The molecular formula is C22H22O3. The van der Waals surface area contributed by atoms with Gasteiger partial charge in [0.2, 0.25) is 0 Å². The number of aliphatic hydroxyl groups is 1. The molecule has 25 heavy (non-hydrogen) atoms. The first-order valence-corrected chi connectivity index (χ1v) is 8.57. The van der Waals surface area contributed by atoms with Gasteiger partial charge in [0.05, 0.1) is 13.0 Å². The number of hydrogen-bond donors (Lipinski definition) is 1. The number of Topliss-reactive ketones (excluding diaryl/α,β-unsaturated/α-hetero) is 2. The molecule has 0 spiro atoms. The lowest BCUT2D eigenvalue weighted by Crippen LogP contribution is -2.20. The number of aliphatic hydroxyl groups excluding tert-OH is 1. The molecule has 1 aromatic carbocycles. The fourth-order valence-corrected chi connectivity index (χ4v) is 2.77. The van der Waals surface area contributed by atoms with Gasteiger partial charge in [-0.2, -0.15) is 0 Å². The minimum Gasteiger partial charge on any atom is -0.395 e. The zero-order valence-corrected chi connectivity index (χ0v) is 14.5. The number of fused-ring (bicyclic) bond motifs is 1. The molecule has 0 saturated carbocycles. The molecule has 1 aliphatic rings. The van der Waals surface area contributed by atoms with Crippen molar-refractivity contribution in [2.75, 3.05) is 6.61 Å². The van der Waals surface area contributed by atoms with E-state index in [1.165, 1.54) is 0 Å². The molecule has 3 nitrogen and oxygen atoms in total. The normalized spacial score (nSPS) is 12.9. The van der Waals surface area contributed by atoms with E-state index in [0.717, 1.165) is 19.3 Å². The van der Waals surface area contributed by atoms with E-state index in [1.54, 1.807) is 31.2 Å². The fourth-order valence-electron chi connectivity index (χ4n) is 2.77. The second-order valence-electron chi connectivity index (χ2n) is 5.87. The van der Waals surface area contributed by atoms with E-state index in [9.17, 15) is 9.59 Å². The van der Waals surface area contributed by atoms with E-state index in [-0.39, 0.29) is 18.2 Å². The summed E-state index contributed by atoms with van der Waals surface area (Å²) in [5.41, 5.74) is 2.26. The number of carbonyl (C=O) groups is 2. The second kappa shape index (κ2) is 9.62. The number of benzene rings is 1. The van der Waals surface area contributed by atoms with E-state index in [0.29, 0.717) is 41.5 Å². The van der Waals surface area contributed by atoms with Gasteiger partial charge in [-0.15, -0.1) is 5.92 Å². The van der Waals surface area contributed by atoms with Crippen molar-refractivity contribution in [1.82, 2.24) is 0 Å². The number of ketones is 2. The van der Waals surface area contributed by atoms with Gasteiger partial charge in [0.25, 0.3) is 0 Å². The molecule has 128 valence electrons. The van der Waals surface area contributed by atoms with Crippen LogP contribution in [-0.2, 0) is 0 Å². The SMILES string of the molecule is CC1=C(CCCCC#CCC#CCCO)C(=O)c2ccccc2C1=O. The predicted octanol–water partition coefficient (Wildman–Crippen LogP) is 3.72. The van der Waals surface area contributed by atoms with Crippen molar-refractivity contribution in [3.05, 3.63) is 46.5 Å². The molecule has 0 atom stereocenters. The van der Waals surface area contributed by atoms with Gasteiger partial charge >= 0.3 is 0 Å². The van der Waals surface area contributed by atoms with E-state index in [4.69, 9.17) is 5.11 Å². The molecule has 1 aliphatic carbocycles. The lowest BCUT2D eigenvalue weighted by atomic mass is 9.83. The molecule has 0 amide bonds. The summed E-state index contributed by atoms with van der Waals surface area (Å²) in [6, 6.07) is 7.02. The average molecular weight is 334 g/mol. The number of unbranched alkanes of at least 4 members (excludes halogenated alkanes) is 2. The van der Waals surface area contributed by atoms with Crippen molar-refractivity contribution in [1.29, 1.82) is 0 Å². The van der Waals surface area contributed by atoms with Gasteiger partial charge < -0.3 is 5.11 Å². The molecule has 0 unspecified atom stereocenters. The van der Waals surface area contributed by atoms with Crippen LogP contribution in [0.3, 0.4) is 0 Å². The van der Waals surface area contributed by atoms with Crippen LogP contribution in [-0.4, -0.2) is 23.3 Å². The molecule has 0 radical (unpaired) electrons. The first-order valence-electron chi connectivity index (χ1n) is 8.57. The Morgan fingerprint density at radius 3 is 2.20 bits per heavy atom. The molecule has 1 aromatic rings. The highest BCUT2D eigenvalue weighted by Crippen LogP contribution is 2.28. The zero-order chi connectivity index (χ0) is 18.1. The molecule has 0 fully saturated rings. The van der Waals surface area contributed by atoms with Crippen LogP contribution in [0.4, 0.5) is 0 Å². The molecule has 0 heterocycles. The molecule has 0 aliphatic heterocycles. The van der Waals surface area contributed by atoms with Gasteiger partial charge in [0, 0.05) is 35.1 Å². The summed E-state index contributed by atoms with van der Waals surface area (Å²) in [6.45, 7) is 1.83. The summed E-state index contributed by atoms with van der Waals surface area (Å²) < 4.78 is 0. The van der Waals surface area contributed by atoms with Gasteiger partial charge in [0.1, 0.15) is 0 Å². The summed E-state index contributed by atoms with van der Waals surface area (Å²) in [7, 11) is 0. The molecular weight excluding hydrogens is 312 g/mol. The quantitative estimate of drug-likeness (QED) is 0.659. The summed E-state index contributed by atoms with van der Waals surface area (Å²) in [5, 5.41) is 8.59. The van der Waals surface area contributed by atoms with Crippen molar-refractivity contribution < 1.29 is 14.7 Å². The molecule has 0 saturated heterocycles. The Bertz CT molecular complexity index is 807. The van der Waals surface area contributed by atoms with E-state index >= 15 is 0 Å². The van der Waals surface area contributed by atoms with Crippen LogP contribution >= 0.6 is 0 Å². The number of hydrogen-bond acceptors (Lipinski definition) is 3. The molecule has 0 aromatic heterocycles. The van der Waals surface area contributed by atoms with Crippen LogP contribution in [0.1, 0.15) is 66.2 Å². The van der Waals surface area contributed by atoms with Crippen molar-refractivity contribution in [2.45, 2.75) is 45.4 Å². The lowest BCUT2D eigenvalue weighted by molar-refractivity contribution is 0.0971. The van der Waals surface area contributed by atoms with Crippen molar-refractivity contribution in [3.63, 3.8) is 0 Å². The number of carbonyl (C=O) groups excluding carboxylic acids is 2. The summed E-state index contributed by atoms with van der Waals surface area (Å²) in [6.07, 6.45) is 4.10. The van der Waals surface area contributed by atoms with Crippen molar-refractivity contribution in [2.24, 2.45) is 0 Å².